The Kier molecular flexibility index (Phi) is 14.2. The van der Waals surface area contributed by atoms with Gasteiger partial charge in [0.2, 0.25) is 0 Å². The van der Waals surface area contributed by atoms with Crippen molar-refractivity contribution in [2.45, 2.75) is 52.0 Å². The molecule has 0 aliphatic heterocycles. The standard InChI is InChI=1S/C17H36N4O.HI/c1-15(2)7-5-6-10-19-17(18-3)20-11-12-21(13-14-22-4)16-8-9-16;/h15-16H,5-14H2,1-4H3,(H2,18,19,20);1H. The van der Waals surface area contributed by atoms with E-state index in [1.807, 2.05) is 7.05 Å². The van der Waals surface area contributed by atoms with E-state index in [0.29, 0.717) is 0 Å². The molecule has 0 aromatic rings. The Balaban J connectivity index is 0.00000484. The van der Waals surface area contributed by atoms with Crippen molar-refractivity contribution in [3.05, 3.63) is 0 Å². The minimum atomic E-state index is 0. The van der Waals surface area contributed by atoms with E-state index < -0.39 is 0 Å². The Hall–Kier alpha value is -0.0800. The first-order chi connectivity index (χ1) is 10.7. The average Bonchev–Trinajstić information content (AvgIpc) is 3.32. The third-order valence-electron chi connectivity index (χ3n) is 4.06. The average molecular weight is 440 g/mol. The summed E-state index contributed by atoms with van der Waals surface area (Å²) in [6.45, 7) is 9.41. The van der Waals surface area contributed by atoms with Gasteiger partial charge in [0, 0.05) is 46.4 Å². The van der Waals surface area contributed by atoms with Crippen molar-refractivity contribution in [3.8, 4) is 0 Å². The third kappa shape index (κ3) is 12.0. The number of methoxy groups -OCH3 is 1. The molecule has 1 saturated carbocycles. The van der Waals surface area contributed by atoms with E-state index in [1.165, 1.54) is 32.1 Å². The summed E-state index contributed by atoms with van der Waals surface area (Å²) in [6.07, 6.45) is 6.48. The molecule has 1 aliphatic rings. The lowest BCUT2D eigenvalue weighted by Gasteiger charge is -2.22. The normalized spacial score (nSPS) is 15.0. The largest absolute Gasteiger partial charge is 0.383 e. The van der Waals surface area contributed by atoms with Crippen LogP contribution in [0.5, 0.6) is 0 Å². The van der Waals surface area contributed by atoms with Gasteiger partial charge in [-0.3, -0.25) is 9.89 Å². The van der Waals surface area contributed by atoms with Crippen LogP contribution < -0.4 is 10.6 Å². The van der Waals surface area contributed by atoms with E-state index >= 15 is 0 Å². The molecule has 0 aromatic heterocycles. The van der Waals surface area contributed by atoms with Crippen LogP contribution in [0.15, 0.2) is 4.99 Å². The van der Waals surface area contributed by atoms with Crippen molar-refractivity contribution in [1.29, 1.82) is 0 Å². The number of rotatable bonds is 12. The van der Waals surface area contributed by atoms with Gasteiger partial charge in [-0.1, -0.05) is 26.7 Å². The van der Waals surface area contributed by atoms with E-state index in [-0.39, 0.29) is 24.0 Å². The maximum absolute atomic E-state index is 5.19. The van der Waals surface area contributed by atoms with Crippen LogP contribution >= 0.6 is 24.0 Å². The first-order valence-electron chi connectivity index (χ1n) is 8.84. The first kappa shape index (κ1) is 22.9. The van der Waals surface area contributed by atoms with E-state index in [0.717, 1.165) is 50.7 Å². The molecule has 0 aromatic carbocycles. The molecule has 0 heterocycles. The van der Waals surface area contributed by atoms with Crippen LogP contribution in [-0.2, 0) is 4.74 Å². The molecule has 0 spiro atoms. The Labute approximate surface area is 160 Å². The second kappa shape index (κ2) is 14.3. The van der Waals surface area contributed by atoms with Crippen LogP contribution in [-0.4, -0.2) is 63.8 Å². The summed E-state index contributed by atoms with van der Waals surface area (Å²) in [5.74, 6) is 1.73. The molecule has 1 aliphatic carbocycles. The summed E-state index contributed by atoms with van der Waals surface area (Å²) in [5.41, 5.74) is 0. The van der Waals surface area contributed by atoms with Crippen LogP contribution in [0.4, 0.5) is 0 Å². The molecular formula is C17H37IN4O. The predicted octanol–water partition coefficient (Wildman–Crippen LogP) is 2.71. The van der Waals surface area contributed by atoms with Gasteiger partial charge in [0.1, 0.15) is 0 Å². The molecule has 2 N–H and O–H groups in total. The number of ether oxygens (including phenoxy) is 1. The van der Waals surface area contributed by atoms with Gasteiger partial charge in [-0.15, -0.1) is 24.0 Å². The number of hydrogen-bond acceptors (Lipinski definition) is 3. The van der Waals surface area contributed by atoms with Gasteiger partial charge in [-0.2, -0.15) is 0 Å². The lowest BCUT2D eigenvalue weighted by Crippen LogP contribution is -2.43. The number of nitrogens with zero attached hydrogens (tertiary/aromatic N) is 2. The van der Waals surface area contributed by atoms with Gasteiger partial charge < -0.3 is 15.4 Å². The lowest BCUT2D eigenvalue weighted by atomic mass is 10.1. The Morgan fingerprint density at radius 1 is 1.17 bits per heavy atom. The third-order valence-corrected chi connectivity index (χ3v) is 4.06. The lowest BCUT2D eigenvalue weighted by molar-refractivity contribution is 0.144. The van der Waals surface area contributed by atoms with Gasteiger partial charge in [-0.05, 0) is 25.2 Å². The zero-order chi connectivity index (χ0) is 16.2. The summed E-state index contributed by atoms with van der Waals surface area (Å²) < 4.78 is 5.19. The van der Waals surface area contributed by atoms with Crippen molar-refractivity contribution in [3.63, 3.8) is 0 Å². The van der Waals surface area contributed by atoms with E-state index in [1.54, 1.807) is 7.11 Å². The molecule has 23 heavy (non-hydrogen) atoms. The molecular weight excluding hydrogens is 403 g/mol. The number of halogens is 1. The van der Waals surface area contributed by atoms with Crippen molar-refractivity contribution >= 4 is 29.9 Å². The van der Waals surface area contributed by atoms with Crippen LogP contribution in [0.2, 0.25) is 0 Å². The van der Waals surface area contributed by atoms with Crippen molar-refractivity contribution < 1.29 is 4.74 Å². The monoisotopic (exact) mass is 440 g/mol. The van der Waals surface area contributed by atoms with Gasteiger partial charge in [-0.25, -0.2) is 0 Å². The molecule has 1 fully saturated rings. The van der Waals surface area contributed by atoms with Crippen molar-refractivity contribution in [2.24, 2.45) is 10.9 Å². The number of guanidine groups is 1. The van der Waals surface area contributed by atoms with E-state index in [9.17, 15) is 0 Å². The number of hydrogen-bond donors (Lipinski definition) is 2. The van der Waals surface area contributed by atoms with Crippen LogP contribution in [0.3, 0.4) is 0 Å². The highest BCUT2D eigenvalue weighted by atomic mass is 127. The molecule has 0 atom stereocenters. The molecule has 0 bridgehead atoms. The molecule has 5 nitrogen and oxygen atoms in total. The van der Waals surface area contributed by atoms with Crippen LogP contribution in [0.1, 0.15) is 46.0 Å². The zero-order valence-electron chi connectivity index (χ0n) is 15.4. The molecule has 6 heteroatoms. The molecule has 1 rings (SSSR count). The summed E-state index contributed by atoms with van der Waals surface area (Å²) in [7, 11) is 3.61. The van der Waals surface area contributed by atoms with Gasteiger partial charge in [0.15, 0.2) is 5.96 Å². The maximum atomic E-state index is 5.19. The summed E-state index contributed by atoms with van der Waals surface area (Å²) in [6, 6.07) is 0.781. The summed E-state index contributed by atoms with van der Waals surface area (Å²) >= 11 is 0. The summed E-state index contributed by atoms with van der Waals surface area (Å²) in [4.78, 5) is 6.81. The van der Waals surface area contributed by atoms with Crippen LogP contribution in [0.25, 0.3) is 0 Å². The second-order valence-corrected chi connectivity index (χ2v) is 6.58. The number of nitrogens with one attached hydrogen (secondary N) is 2. The Morgan fingerprint density at radius 3 is 2.43 bits per heavy atom. The first-order valence-corrected chi connectivity index (χ1v) is 8.84. The molecule has 0 saturated heterocycles. The van der Waals surface area contributed by atoms with E-state index in [4.69, 9.17) is 4.74 Å². The highest BCUT2D eigenvalue weighted by Gasteiger charge is 2.28. The molecule has 0 radical (unpaired) electrons. The number of unbranched alkanes of at least 4 members (excludes halogenated alkanes) is 1. The quantitative estimate of drug-likeness (QED) is 0.212. The van der Waals surface area contributed by atoms with Crippen molar-refractivity contribution in [1.82, 2.24) is 15.5 Å². The topological polar surface area (TPSA) is 48.9 Å². The second-order valence-electron chi connectivity index (χ2n) is 6.58. The van der Waals surface area contributed by atoms with Gasteiger partial charge >= 0.3 is 0 Å². The SMILES string of the molecule is CN=C(NCCCCC(C)C)NCCN(CCOC)C1CC1.I. The predicted molar refractivity (Wildman–Crippen MR) is 110 cm³/mol. The maximum Gasteiger partial charge on any atom is 0.191 e. The smallest absolute Gasteiger partial charge is 0.191 e. The van der Waals surface area contributed by atoms with E-state index in [2.05, 4.69) is 34.4 Å². The minimum absolute atomic E-state index is 0. The summed E-state index contributed by atoms with van der Waals surface area (Å²) in [5, 5.41) is 6.82. The minimum Gasteiger partial charge on any atom is -0.383 e. The molecule has 0 unspecified atom stereocenters. The fourth-order valence-corrected chi connectivity index (χ4v) is 2.55. The Morgan fingerprint density at radius 2 is 1.87 bits per heavy atom. The zero-order valence-corrected chi connectivity index (χ0v) is 17.8. The van der Waals surface area contributed by atoms with Crippen LogP contribution in [0, 0.1) is 5.92 Å². The Bertz CT molecular complexity index is 309. The van der Waals surface area contributed by atoms with Gasteiger partial charge in [0.25, 0.3) is 0 Å². The highest BCUT2D eigenvalue weighted by molar-refractivity contribution is 14.0. The van der Waals surface area contributed by atoms with Crippen molar-refractivity contribution in [2.75, 3.05) is 46.9 Å². The fraction of sp³-hybridized carbons (Fsp3) is 0.941. The number of aliphatic imine (C=N–C) groups is 1. The van der Waals surface area contributed by atoms with Gasteiger partial charge in [0.05, 0.1) is 6.61 Å². The molecule has 0 amide bonds. The highest BCUT2D eigenvalue weighted by Crippen LogP contribution is 2.25. The fourth-order valence-electron chi connectivity index (χ4n) is 2.55. The molecule has 138 valence electrons.